The zero-order valence-corrected chi connectivity index (χ0v) is 12.9. The molecule has 0 spiro atoms. The van der Waals surface area contributed by atoms with Gasteiger partial charge >= 0.3 is 0 Å². The number of carbonyl (C=O) groups is 1. The van der Waals surface area contributed by atoms with Gasteiger partial charge in [-0.2, -0.15) is 0 Å². The number of nitrogens with one attached hydrogen (secondary N) is 1. The van der Waals surface area contributed by atoms with Crippen molar-refractivity contribution in [3.63, 3.8) is 0 Å². The van der Waals surface area contributed by atoms with E-state index in [9.17, 15) is 4.79 Å². The standard InChI is InChI=1S/C15H24N2OS/c1-11-7-8-14(19-11)5-4-6-15(18)17-10-9-16-12(2)13(17)3/h7-8,12-13,16H,4-6,9-10H2,1-3H3. The predicted octanol–water partition coefficient (Wildman–Crippen LogP) is 2.59. The third-order valence-electron chi connectivity index (χ3n) is 3.96. The molecule has 2 heterocycles. The summed E-state index contributed by atoms with van der Waals surface area (Å²) in [5.74, 6) is 0.314. The van der Waals surface area contributed by atoms with Crippen LogP contribution in [0.3, 0.4) is 0 Å². The molecule has 2 rings (SSSR count). The van der Waals surface area contributed by atoms with E-state index in [1.807, 2.05) is 16.2 Å². The second kappa shape index (κ2) is 6.53. The van der Waals surface area contributed by atoms with Gasteiger partial charge < -0.3 is 10.2 Å². The molecule has 1 aliphatic rings. The van der Waals surface area contributed by atoms with Crippen LogP contribution in [-0.4, -0.2) is 36.0 Å². The van der Waals surface area contributed by atoms with E-state index in [1.54, 1.807) is 0 Å². The van der Waals surface area contributed by atoms with Crippen LogP contribution in [0.15, 0.2) is 12.1 Å². The zero-order valence-electron chi connectivity index (χ0n) is 12.1. The van der Waals surface area contributed by atoms with Crippen molar-refractivity contribution in [1.82, 2.24) is 10.2 Å². The van der Waals surface area contributed by atoms with Gasteiger partial charge in [-0.1, -0.05) is 0 Å². The Hall–Kier alpha value is -0.870. The largest absolute Gasteiger partial charge is 0.337 e. The van der Waals surface area contributed by atoms with Crippen molar-refractivity contribution in [1.29, 1.82) is 0 Å². The van der Waals surface area contributed by atoms with Crippen molar-refractivity contribution in [2.75, 3.05) is 13.1 Å². The lowest BCUT2D eigenvalue weighted by atomic mass is 10.1. The molecule has 0 bridgehead atoms. The molecule has 1 fully saturated rings. The number of nitrogens with zero attached hydrogens (tertiary/aromatic N) is 1. The van der Waals surface area contributed by atoms with Gasteiger partial charge in [-0.05, 0) is 45.7 Å². The van der Waals surface area contributed by atoms with Gasteiger partial charge in [0.2, 0.25) is 5.91 Å². The quantitative estimate of drug-likeness (QED) is 0.919. The molecule has 4 heteroatoms. The third-order valence-corrected chi connectivity index (χ3v) is 5.02. The maximum Gasteiger partial charge on any atom is 0.222 e. The fourth-order valence-electron chi connectivity index (χ4n) is 2.59. The van der Waals surface area contributed by atoms with Crippen LogP contribution in [0.4, 0.5) is 0 Å². The molecule has 0 aromatic carbocycles. The molecule has 0 radical (unpaired) electrons. The molecule has 2 unspecified atom stereocenters. The van der Waals surface area contributed by atoms with Crippen LogP contribution in [0.5, 0.6) is 0 Å². The van der Waals surface area contributed by atoms with Crippen LogP contribution in [-0.2, 0) is 11.2 Å². The Balaban J connectivity index is 1.77. The first-order valence-corrected chi connectivity index (χ1v) is 7.97. The number of hydrogen-bond acceptors (Lipinski definition) is 3. The summed E-state index contributed by atoms with van der Waals surface area (Å²) in [7, 11) is 0. The monoisotopic (exact) mass is 280 g/mol. The van der Waals surface area contributed by atoms with Crippen LogP contribution in [0.25, 0.3) is 0 Å². The van der Waals surface area contributed by atoms with Crippen molar-refractivity contribution in [2.45, 2.75) is 52.1 Å². The SMILES string of the molecule is Cc1ccc(CCCC(=O)N2CCNC(C)C2C)s1. The van der Waals surface area contributed by atoms with Crippen LogP contribution in [0.1, 0.15) is 36.4 Å². The van der Waals surface area contributed by atoms with E-state index in [0.717, 1.165) is 25.9 Å². The minimum absolute atomic E-state index is 0.310. The van der Waals surface area contributed by atoms with E-state index in [1.165, 1.54) is 9.75 Å². The topological polar surface area (TPSA) is 32.3 Å². The number of piperazine rings is 1. The molecule has 19 heavy (non-hydrogen) atoms. The van der Waals surface area contributed by atoms with Gasteiger partial charge in [0.1, 0.15) is 0 Å². The number of carbonyl (C=O) groups excluding carboxylic acids is 1. The van der Waals surface area contributed by atoms with Gasteiger partial charge in [0.25, 0.3) is 0 Å². The second-order valence-electron chi connectivity index (χ2n) is 5.44. The Bertz CT molecular complexity index is 430. The van der Waals surface area contributed by atoms with E-state index >= 15 is 0 Å². The first-order chi connectivity index (χ1) is 9.08. The fourth-order valence-corrected chi connectivity index (χ4v) is 3.52. The van der Waals surface area contributed by atoms with Crippen molar-refractivity contribution in [3.05, 3.63) is 21.9 Å². The van der Waals surface area contributed by atoms with Crippen LogP contribution in [0.2, 0.25) is 0 Å². The maximum atomic E-state index is 12.3. The Kier molecular flexibility index (Phi) is 4.99. The van der Waals surface area contributed by atoms with Gasteiger partial charge in [0, 0.05) is 41.3 Å². The van der Waals surface area contributed by atoms with Crippen LogP contribution in [0, 0.1) is 6.92 Å². The van der Waals surface area contributed by atoms with Crippen LogP contribution >= 0.6 is 11.3 Å². The molecular formula is C15H24N2OS. The number of thiophene rings is 1. The molecule has 2 atom stereocenters. The Labute approximate surface area is 120 Å². The summed E-state index contributed by atoms with van der Waals surface area (Å²) in [5, 5.41) is 3.41. The average molecular weight is 280 g/mol. The van der Waals surface area contributed by atoms with E-state index in [-0.39, 0.29) is 0 Å². The molecule has 1 saturated heterocycles. The summed E-state index contributed by atoms with van der Waals surface area (Å²) < 4.78 is 0. The lowest BCUT2D eigenvalue weighted by Crippen LogP contribution is -2.57. The molecule has 3 nitrogen and oxygen atoms in total. The highest BCUT2D eigenvalue weighted by atomic mass is 32.1. The van der Waals surface area contributed by atoms with Gasteiger partial charge in [-0.15, -0.1) is 11.3 Å². The highest BCUT2D eigenvalue weighted by molar-refractivity contribution is 7.11. The van der Waals surface area contributed by atoms with Crippen molar-refractivity contribution >= 4 is 17.2 Å². The highest BCUT2D eigenvalue weighted by Crippen LogP contribution is 2.18. The first kappa shape index (κ1) is 14.5. The second-order valence-corrected chi connectivity index (χ2v) is 6.81. The molecule has 1 aliphatic heterocycles. The molecule has 0 aliphatic carbocycles. The summed E-state index contributed by atoms with van der Waals surface area (Å²) in [6.45, 7) is 8.18. The first-order valence-electron chi connectivity index (χ1n) is 7.16. The average Bonchev–Trinajstić information content (AvgIpc) is 2.78. The van der Waals surface area contributed by atoms with Gasteiger partial charge in [0.05, 0.1) is 0 Å². The fraction of sp³-hybridized carbons (Fsp3) is 0.667. The maximum absolute atomic E-state index is 12.3. The summed E-state index contributed by atoms with van der Waals surface area (Å²) in [5.41, 5.74) is 0. The molecule has 1 N–H and O–H groups in total. The van der Waals surface area contributed by atoms with Gasteiger partial charge in [0.15, 0.2) is 0 Å². The molecular weight excluding hydrogens is 256 g/mol. The van der Waals surface area contributed by atoms with Gasteiger partial charge in [-0.25, -0.2) is 0 Å². The molecule has 0 saturated carbocycles. The zero-order chi connectivity index (χ0) is 13.8. The Morgan fingerprint density at radius 1 is 1.47 bits per heavy atom. The Morgan fingerprint density at radius 3 is 2.95 bits per heavy atom. The highest BCUT2D eigenvalue weighted by Gasteiger charge is 2.27. The number of amides is 1. The minimum atomic E-state index is 0.310. The summed E-state index contributed by atoms with van der Waals surface area (Å²) >= 11 is 1.84. The summed E-state index contributed by atoms with van der Waals surface area (Å²) in [6.07, 6.45) is 2.66. The number of hydrogen-bond donors (Lipinski definition) is 1. The van der Waals surface area contributed by atoms with Crippen molar-refractivity contribution in [2.24, 2.45) is 0 Å². The summed E-state index contributed by atoms with van der Waals surface area (Å²) in [4.78, 5) is 17.0. The Morgan fingerprint density at radius 2 is 2.26 bits per heavy atom. The number of rotatable bonds is 4. The van der Waals surface area contributed by atoms with Crippen molar-refractivity contribution < 1.29 is 4.79 Å². The molecule has 1 amide bonds. The van der Waals surface area contributed by atoms with Crippen LogP contribution < -0.4 is 5.32 Å². The van der Waals surface area contributed by atoms with E-state index in [0.29, 0.717) is 24.4 Å². The minimum Gasteiger partial charge on any atom is -0.337 e. The van der Waals surface area contributed by atoms with Gasteiger partial charge in [-0.3, -0.25) is 4.79 Å². The normalized spacial score (nSPS) is 23.6. The molecule has 106 valence electrons. The van der Waals surface area contributed by atoms with E-state index in [4.69, 9.17) is 0 Å². The van der Waals surface area contributed by atoms with Crippen molar-refractivity contribution in [3.8, 4) is 0 Å². The molecule has 1 aromatic heterocycles. The summed E-state index contributed by atoms with van der Waals surface area (Å²) in [6, 6.07) is 5.05. The molecule has 1 aromatic rings. The smallest absolute Gasteiger partial charge is 0.222 e. The van der Waals surface area contributed by atoms with E-state index < -0.39 is 0 Å². The lowest BCUT2D eigenvalue weighted by Gasteiger charge is -2.38. The lowest BCUT2D eigenvalue weighted by molar-refractivity contribution is -0.134. The van der Waals surface area contributed by atoms with E-state index in [2.05, 4.69) is 38.2 Å². The third kappa shape index (κ3) is 3.80. The predicted molar refractivity (Wildman–Crippen MR) is 80.6 cm³/mol. The number of aryl methyl sites for hydroxylation is 2.